The highest BCUT2D eigenvalue weighted by atomic mass is 32.1. The van der Waals surface area contributed by atoms with Crippen LogP contribution in [0.3, 0.4) is 0 Å². The molecule has 1 saturated heterocycles. The number of rotatable bonds is 4. The molecule has 21 heavy (non-hydrogen) atoms. The Hall–Kier alpha value is -1.50. The second-order valence-electron chi connectivity index (χ2n) is 4.72. The van der Waals surface area contributed by atoms with Gasteiger partial charge in [-0.05, 0) is 30.5 Å². The maximum atomic E-state index is 12.3. The number of thiazole rings is 1. The van der Waals surface area contributed by atoms with Crippen molar-refractivity contribution in [1.82, 2.24) is 4.98 Å². The maximum absolute atomic E-state index is 12.3. The van der Waals surface area contributed by atoms with Crippen LogP contribution in [0, 0.1) is 6.92 Å². The number of hydrogen-bond acceptors (Lipinski definition) is 6. The van der Waals surface area contributed by atoms with Gasteiger partial charge in [0, 0.05) is 18.0 Å². The predicted molar refractivity (Wildman–Crippen MR) is 87.6 cm³/mol. The van der Waals surface area contributed by atoms with E-state index in [4.69, 9.17) is 4.74 Å². The molecule has 0 N–H and O–H groups in total. The molecule has 0 aromatic carbocycles. The van der Waals surface area contributed by atoms with Crippen LogP contribution >= 0.6 is 22.7 Å². The highest BCUT2D eigenvalue weighted by molar-refractivity contribution is 7.17. The zero-order chi connectivity index (χ0) is 14.7. The minimum absolute atomic E-state index is 0.0258. The van der Waals surface area contributed by atoms with Crippen molar-refractivity contribution in [1.29, 1.82) is 0 Å². The molecule has 3 heterocycles. The summed E-state index contributed by atoms with van der Waals surface area (Å²) < 4.78 is 5.34. The largest absolute Gasteiger partial charge is 0.378 e. The fraction of sp³-hybridized carbons (Fsp3) is 0.333. The average molecular weight is 320 g/mol. The molecule has 2 aromatic heterocycles. The summed E-state index contributed by atoms with van der Waals surface area (Å²) in [7, 11) is 0. The monoisotopic (exact) mass is 320 g/mol. The van der Waals surface area contributed by atoms with Crippen molar-refractivity contribution in [3.63, 3.8) is 0 Å². The van der Waals surface area contributed by atoms with Crippen LogP contribution in [-0.4, -0.2) is 37.1 Å². The van der Waals surface area contributed by atoms with Gasteiger partial charge in [0.25, 0.3) is 0 Å². The quantitative estimate of drug-likeness (QED) is 0.641. The first-order chi connectivity index (χ1) is 10.2. The summed E-state index contributed by atoms with van der Waals surface area (Å²) in [5.74, 6) is 0.0258. The number of hydrogen-bond donors (Lipinski definition) is 0. The summed E-state index contributed by atoms with van der Waals surface area (Å²) >= 11 is 3.09. The van der Waals surface area contributed by atoms with Crippen molar-refractivity contribution in [3.8, 4) is 0 Å². The average Bonchev–Trinajstić information content (AvgIpc) is 3.15. The number of nitrogens with zero attached hydrogens (tertiary/aromatic N) is 2. The third-order valence-corrected chi connectivity index (χ3v) is 5.30. The molecule has 2 aromatic rings. The van der Waals surface area contributed by atoms with Crippen LogP contribution in [0.2, 0.25) is 0 Å². The van der Waals surface area contributed by atoms with Gasteiger partial charge in [-0.2, -0.15) is 0 Å². The van der Waals surface area contributed by atoms with Crippen LogP contribution in [0.5, 0.6) is 0 Å². The highest BCUT2D eigenvalue weighted by Gasteiger charge is 2.19. The number of allylic oxidation sites excluding steroid dienone is 1. The fourth-order valence-electron chi connectivity index (χ4n) is 2.12. The number of carbonyl (C=O) groups is 1. The molecule has 0 unspecified atom stereocenters. The maximum Gasteiger partial charge on any atom is 0.197 e. The van der Waals surface area contributed by atoms with Crippen molar-refractivity contribution >= 4 is 39.7 Å². The van der Waals surface area contributed by atoms with E-state index in [2.05, 4.69) is 9.88 Å². The standard InChI is InChI=1S/C15H16N2O2S2/c1-11-14(13(18)5-4-12-3-2-10-20-12)21-15(16-11)17-6-8-19-9-7-17/h2-5,10H,6-9H2,1H3/b5-4+. The van der Waals surface area contributed by atoms with E-state index < -0.39 is 0 Å². The molecule has 1 aliphatic heterocycles. The van der Waals surface area contributed by atoms with Crippen molar-refractivity contribution < 1.29 is 9.53 Å². The van der Waals surface area contributed by atoms with Gasteiger partial charge in [0.1, 0.15) is 0 Å². The summed E-state index contributed by atoms with van der Waals surface area (Å²) in [5.41, 5.74) is 0.808. The number of anilines is 1. The molecular weight excluding hydrogens is 304 g/mol. The Balaban J connectivity index is 1.75. The smallest absolute Gasteiger partial charge is 0.197 e. The van der Waals surface area contributed by atoms with E-state index >= 15 is 0 Å². The van der Waals surface area contributed by atoms with Gasteiger partial charge in [0.15, 0.2) is 10.9 Å². The Labute approximate surface area is 131 Å². The summed E-state index contributed by atoms with van der Waals surface area (Å²) in [6.45, 7) is 5.02. The number of morpholine rings is 1. The zero-order valence-corrected chi connectivity index (χ0v) is 13.4. The Morgan fingerprint density at radius 2 is 2.24 bits per heavy atom. The Morgan fingerprint density at radius 3 is 2.95 bits per heavy atom. The number of ether oxygens (including phenoxy) is 1. The van der Waals surface area contributed by atoms with Gasteiger partial charge in [0.05, 0.1) is 23.8 Å². The van der Waals surface area contributed by atoms with Crippen molar-refractivity contribution in [2.75, 3.05) is 31.2 Å². The minimum Gasteiger partial charge on any atom is -0.378 e. The van der Waals surface area contributed by atoms with Crippen LogP contribution in [0.4, 0.5) is 5.13 Å². The lowest BCUT2D eigenvalue weighted by Crippen LogP contribution is -2.36. The first-order valence-corrected chi connectivity index (χ1v) is 8.49. The molecule has 0 bridgehead atoms. The van der Waals surface area contributed by atoms with Gasteiger partial charge in [-0.15, -0.1) is 11.3 Å². The van der Waals surface area contributed by atoms with Crippen LogP contribution in [-0.2, 0) is 4.74 Å². The number of thiophene rings is 1. The highest BCUT2D eigenvalue weighted by Crippen LogP contribution is 2.27. The fourth-order valence-corrected chi connectivity index (χ4v) is 3.78. The van der Waals surface area contributed by atoms with Gasteiger partial charge in [0.2, 0.25) is 0 Å². The van der Waals surface area contributed by atoms with E-state index in [0.29, 0.717) is 0 Å². The molecule has 4 nitrogen and oxygen atoms in total. The van der Waals surface area contributed by atoms with Gasteiger partial charge >= 0.3 is 0 Å². The van der Waals surface area contributed by atoms with Crippen LogP contribution < -0.4 is 4.90 Å². The van der Waals surface area contributed by atoms with Crippen LogP contribution in [0.15, 0.2) is 23.6 Å². The number of aryl methyl sites for hydroxylation is 1. The van der Waals surface area contributed by atoms with E-state index in [-0.39, 0.29) is 5.78 Å². The van der Waals surface area contributed by atoms with E-state index in [1.54, 1.807) is 17.4 Å². The van der Waals surface area contributed by atoms with Gasteiger partial charge < -0.3 is 9.64 Å². The molecule has 1 aliphatic rings. The topological polar surface area (TPSA) is 42.4 Å². The molecule has 0 spiro atoms. The summed E-state index contributed by atoms with van der Waals surface area (Å²) in [6.07, 6.45) is 3.50. The zero-order valence-electron chi connectivity index (χ0n) is 11.7. The van der Waals surface area contributed by atoms with E-state index in [0.717, 1.165) is 46.9 Å². The van der Waals surface area contributed by atoms with E-state index in [1.165, 1.54) is 11.3 Å². The van der Waals surface area contributed by atoms with Crippen LogP contribution in [0.25, 0.3) is 6.08 Å². The molecule has 6 heteroatoms. The summed E-state index contributed by atoms with van der Waals surface area (Å²) in [6, 6.07) is 3.97. The summed E-state index contributed by atoms with van der Waals surface area (Å²) in [5, 5.41) is 2.92. The lowest BCUT2D eigenvalue weighted by atomic mass is 10.2. The number of carbonyl (C=O) groups excluding carboxylic acids is 1. The molecule has 3 rings (SSSR count). The van der Waals surface area contributed by atoms with Crippen molar-refractivity contribution in [2.24, 2.45) is 0 Å². The van der Waals surface area contributed by atoms with Crippen molar-refractivity contribution in [2.45, 2.75) is 6.92 Å². The molecular formula is C15H16N2O2S2. The van der Waals surface area contributed by atoms with E-state index in [9.17, 15) is 4.79 Å². The van der Waals surface area contributed by atoms with Crippen molar-refractivity contribution in [3.05, 3.63) is 39.0 Å². The van der Waals surface area contributed by atoms with E-state index in [1.807, 2.05) is 30.5 Å². The first-order valence-electron chi connectivity index (χ1n) is 6.80. The second-order valence-corrected chi connectivity index (χ2v) is 6.68. The predicted octanol–water partition coefficient (Wildman–Crippen LogP) is 3.25. The molecule has 0 amide bonds. The summed E-state index contributed by atoms with van der Waals surface area (Å²) in [4.78, 5) is 20.8. The Bertz CT molecular complexity index is 641. The minimum atomic E-state index is 0.0258. The second kappa shape index (κ2) is 6.51. The Morgan fingerprint density at radius 1 is 1.43 bits per heavy atom. The number of ketones is 1. The first kappa shape index (κ1) is 14.4. The molecule has 0 saturated carbocycles. The molecule has 0 atom stereocenters. The third-order valence-electron chi connectivity index (χ3n) is 3.23. The van der Waals surface area contributed by atoms with Gasteiger partial charge in [-0.3, -0.25) is 4.79 Å². The Kier molecular flexibility index (Phi) is 4.48. The molecule has 110 valence electrons. The number of aromatic nitrogens is 1. The lowest BCUT2D eigenvalue weighted by molar-refractivity contribution is 0.105. The molecule has 0 radical (unpaired) electrons. The lowest BCUT2D eigenvalue weighted by Gasteiger charge is -2.25. The molecule has 0 aliphatic carbocycles. The SMILES string of the molecule is Cc1nc(N2CCOCC2)sc1C(=O)/C=C/c1cccs1. The van der Waals surface area contributed by atoms with Gasteiger partial charge in [-0.1, -0.05) is 17.4 Å². The van der Waals surface area contributed by atoms with Gasteiger partial charge in [-0.25, -0.2) is 4.98 Å². The molecule has 1 fully saturated rings. The van der Waals surface area contributed by atoms with Crippen LogP contribution in [0.1, 0.15) is 20.2 Å². The normalized spacial score (nSPS) is 15.8. The third kappa shape index (κ3) is 3.40.